The summed E-state index contributed by atoms with van der Waals surface area (Å²) in [6.45, 7) is 6.39. The maximum Gasteiger partial charge on any atom is 0.134 e. The molecule has 1 aromatic carbocycles. The van der Waals surface area contributed by atoms with Gasteiger partial charge in [0.05, 0.1) is 5.69 Å². The lowest BCUT2D eigenvalue weighted by atomic mass is 9.98. The molecule has 0 amide bonds. The van der Waals surface area contributed by atoms with Crippen molar-refractivity contribution in [2.24, 2.45) is 0 Å². The second-order valence-electron chi connectivity index (χ2n) is 5.56. The van der Waals surface area contributed by atoms with E-state index in [-0.39, 0.29) is 0 Å². The van der Waals surface area contributed by atoms with Crippen LogP contribution in [0.25, 0.3) is 11.3 Å². The van der Waals surface area contributed by atoms with Gasteiger partial charge in [-0.1, -0.05) is 6.07 Å². The van der Waals surface area contributed by atoms with Crippen LogP contribution >= 0.6 is 0 Å². The second-order valence-corrected chi connectivity index (χ2v) is 5.56. The monoisotopic (exact) mass is 253 g/mol. The molecule has 1 saturated carbocycles. The molecule has 2 N–H and O–H groups in total. The molecular formula is C16H19N3. The number of nitrogen functional groups attached to an aromatic ring is 1. The summed E-state index contributed by atoms with van der Waals surface area (Å²) in [6, 6.07) is 6.28. The molecule has 1 aliphatic carbocycles. The Morgan fingerprint density at radius 3 is 2.32 bits per heavy atom. The fraction of sp³-hybridized carbons (Fsp3) is 0.375. The Morgan fingerprint density at radius 2 is 1.63 bits per heavy atom. The molecule has 3 heteroatoms. The topological polar surface area (TPSA) is 51.8 Å². The lowest BCUT2D eigenvalue weighted by Gasteiger charge is -2.11. The second kappa shape index (κ2) is 4.34. The van der Waals surface area contributed by atoms with E-state index in [4.69, 9.17) is 10.7 Å². The van der Waals surface area contributed by atoms with Gasteiger partial charge >= 0.3 is 0 Å². The molecule has 19 heavy (non-hydrogen) atoms. The van der Waals surface area contributed by atoms with E-state index in [9.17, 15) is 0 Å². The molecule has 0 bridgehead atoms. The first-order valence-electron chi connectivity index (χ1n) is 6.77. The van der Waals surface area contributed by atoms with Gasteiger partial charge < -0.3 is 5.73 Å². The zero-order valence-corrected chi connectivity index (χ0v) is 11.7. The summed E-state index contributed by atoms with van der Waals surface area (Å²) in [5.74, 6) is 2.01. The van der Waals surface area contributed by atoms with E-state index in [0.717, 1.165) is 11.5 Å². The average molecular weight is 253 g/mol. The van der Waals surface area contributed by atoms with Crippen molar-refractivity contribution in [3.8, 4) is 11.3 Å². The Hall–Kier alpha value is -1.90. The highest BCUT2D eigenvalue weighted by Gasteiger charge is 2.27. The van der Waals surface area contributed by atoms with Gasteiger partial charge in [0.1, 0.15) is 11.6 Å². The molecule has 0 aliphatic heterocycles. The Bertz CT molecular complexity index is 643. The van der Waals surface area contributed by atoms with Crippen molar-refractivity contribution in [2.45, 2.75) is 39.5 Å². The summed E-state index contributed by atoms with van der Waals surface area (Å²) in [7, 11) is 0. The molecule has 0 spiro atoms. The van der Waals surface area contributed by atoms with Crippen LogP contribution in [0, 0.1) is 20.8 Å². The minimum absolute atomic E-state index is 0.522. The number of hydrogen-bond acceptors (Lipinski definition) is 3. The minimum Gasteiger partial charge on any atom is -0.384 e. The first-order valence-corrected chi connectivity index (χ1v) is 6.77. The number of aromatic nitrogens is 2. The van der Waals surface area contributed by atoms with Crippen molar-refractivity contribution in [3.63, 3.8) is 0 Å². The Balaban J connectivity index is 2.13. The maximum atomic E-state index is 5.93. The summed E-state index contributed by atoms with van der Waals surface area (Å²) in [4.78, 5) is 9.06. The Labute approximate surface area is 113 Å². The first kappa shape index (κ1) is 12.2. The fourth-order valence-electron chi connectivity index (χ4n) is 2.38. The van der Waals surface area contributed by atoms with Gasteiger partial charge in [0.25, 0.3) is 0 Å². The van der Waals surface area contributed by atoms with Crippen LogP contribution in [0.5, 0.6) is 0 Å². The maximum absolute atomic E-state index is 5.93. The van der Waals surface area contributed by atoms with Crippen LogP contribution < -0.4 is 5.73 Å². The highest BCUT2D eigenvalue weighted by Crippen LogP contribution is 2.39. The van der Waals surface area contributed by atoms with E-state index in [1.54, 1.807) is 0 Å². The molecule has 0 unspecified atom stereocenters. The quantitative estimate of drug-likeness (QED) is 0.890. The largest absolute Gasteiger partial charge is 0.384 e. The van der Waals surface area contributed by atoms with Crippen LogP contribution in [0.4, 0.5) is 5.82 Å². The lowest BCUT2D eigenvalue weighted by Crippen LogP contribution is -2.01. The summed E-state index contributed by atoms with van der Waals surface area (Å²) in [5.41, 5.74) is 11.9. The van der Waals surface area contributed by atoms with E-state index in [1.807, 2.05) is 6.07 Å². The number of nitrogens with zero attached hydrogens (tertiary/aromatic N) is 2. The normalized spacial score (nSPS) is 14.7. The molecule has 0 saturated heterocycles. The number of benzene rings is 1. The molecule has 3 nitrogen and oxygen atoms in total. The molecule has 0 radical (unpaired) electrons. The van der Waals surface area contributed by atoms with Gasteiger partial charge in [-0.25, -0.2) is 9.97 Å². The summed E-state index contributed by atoms with van der Waals surface area (Å²) < 4.78 is 0. The molecular weight excluding hydrogens is 234 g/mol. The van der Waals surface area contributed by atoms with Crippen LogP contribution in [-0.4, -0.2) is 9.97 Å². The third kappa shape index (κ3) is 2.33. The average Bonchev–Trinajstić information content (AvgIpc) is 3.17. The van der Waals surface area contributed by atoms with Crippen molar-refractivity contribution in [2.75, 3.05) is 5.73 Å². The molecule has 1 fully saturated rings. The predicted molar refractivity (Wildman–Crippen MR) is 78.1 cm³/mol. The third-order valence-corrected chi connectivity index (χ3v) is 3.82. The van der Waals surface area contributed by atoms with Crippen LogP contribution in [0.3, 0.4) is 0 Å². The number of nitrogens with two attached hydrogens (primary N) is 1. The standard InChI is InChI=1S/C16H19N3/c1-9-6-11(3)13(7-10(9)2)14-8-15(17)19-16(18-14)12-4-5-12/h6-8,12H,4-5H2,1-3H3,(H2,17,18,19). The molecule has 1 aliphatic rings. The first-order chi connectivity index (χ1) is 9.04. The van der Waals surface area contributed by atoms with Crippen molar-refractivity contribution in [1.29, 1.82) is 0 Å². The third-order valence-electron chi connectivity index (χ3n) is 3.82. The molecule has 1 heterocycles. The Kier molecular flexibility index (Phi) is 2.77. The van der Waals surface area contributed by atoms with Crippen LogP contribution in [0.1, 0.15) is 41.3 Å². The number of aryl methyl sites for hydroxylation is 3. The van der Waals surface area contributed by atoms with E-state index in [0.29, 0.717) is 11.7 Å². The number of hydrogen-bond donors (Lipinski definition) is 1. The van der Waals surface area contributed by atoms with Crippen LogP contribution in [0.2, 0.25) is 0 Å². The summed E-state index contributed by atoms with van der Waals surface area (Å²) in [6.07, 6.45) is 2.38. The number of anilines is 1. The van der Waals surface area contributed by atoms with E-state index in [2.05, 4.69) is 37.9 Å². The summed E-state index contributed by atoms with van der Waals surface area (Å²) in [5, 5.41) is 0. The van der Waals surface area contributed by atoms with Crippen LogP contribution in [0.15, 0.2) is 18.2 Å². The van der Waals surface area contributed by atoms with Gasteiger partial charge in [-0.15, -0.1) is 0 Å². The molecule has 2 aromatic rings. The van der Waals surface area contributed by atoms with Gasteiger partial charge in [0.15, 0.2) is 0 Å². The minimum atomic E-state index is 0.522. The van der Waals surface area contributed by atoms with Gasteiger partial charge in [0, 0.05) is 17.5 Å². The van der Waals surface area contributed by atoms with Gasteiger partial charge in [0.2, 0.25) is 0 Å². The molecule has 0 atom stereocenters. The van der Waals surface area contributed by atoms with Gasteiger partial charge in [-0.05, 0) is 56.4 Å². The summed E-state index contributed by atoms with van der Waals surface area (Å²) >= 11 is 0. The zero-order chi connectivity index (χ0) is 13.6. The van der Waals surface area contributed by atoms with Crippen LogP contribution in [-0.2, 0) is 0 Å². The number of rotatable bonds is 2. The van der Waals surface area contributed by atoms with Gasteiger partial charge in [-0.3, -0.25) is 0 Å². The fourth-order valence-corrected chi connectivity index (χ4v) is 2.38. The van der Waals surface area contributed by atoms with E-state index >= 15 is 0 Å². The van der Waals surface area contributed by atoms with E-state index in [1.165, 1.54) is 35.1 Å². The van der Waals surface area contributed by atoms with Gasteiger partial charge in [-0.2, -0.15) is 0 Å². The highest BCUT2D eigenvalue weighted by molar-refractivity contribution is 5.67. The molecule has 3 rings (SSSR count). The lowest BCUT2D eigenvalue weighted by molar-refractivity contribution is 0.935. The Morgan fingerprint density at radius 1 is 0.947 bits per heavy atom. The smallest absolute Gasteiger partial charge is 0.134 e. The van der Waals surface area contributed by atoms with Crippen molar-refractivity contribution in [1.82, 2.24) is 9.97 Å². The van der Waals surface area contributed by atoms with Crippen molar-refractivity contribution >= 4 is 5.82 Å². The zero-order valence-electron chi connectivity index (χ0n) is 11.7. The SMILES string of the molecule is Cc1cc(C)c(-c2cc(N)nc(C3CC3)n2)cc1C. The molecule has 98 valence electrons. The van der Waals surface area contributed by atoms with E-state index < -0.39 is 0 Å². The predicted octanol–water partition coefficient (Wildman–Crippen LogP) is 3.53. The molecule has 1 aromatic heterocycles. The van der Waals surface area contributed by atoms with Crippen molar-refractivity contribution in [3.05, 3.63) is 40.7 Å². The van der Waals surface area contributed by atoms with Crippen molar-refractivity contribution < 1.29 is 0 Å². The highest BCUT2D eigenvalue weighted by atomic mass is 15.0.